The molecule has 0 aromatic heterocycles. The first-order valence-electron chi connectivity index (χ1n) is 7.09. The van der Waals surface area contributed by atoms with Gasteiger partial charge >= 0.3 is 0 Å². The van der Waals surface area contributed by atoms with Gasteiger partial charge in [0.2, 0.25) is 0 Å². The van der Waals surface area contributed by atoms with E-state index >= 15 is 0 Å². The number of hydrogen-bond acceptors (Lipinski definition) is 3. The average Bonchev–Trinajstić information content (AvgIpc) is 2.53. The summed E-state index contributed by atoms with van der Waals surface area (Å²) < 4.78 is 12.3. The summed E-state index contributed by atoms with van der Waals surface area (Å²) in [6.45, 7) is 4.17. The van der Waals surface area contributed by atoms with Gasteiger partial charge < -0.3 is 14.8 Å². The third-order valence-corrected chi connectivity index (χ3v) is 4.35. The van der Waals surface area contributed by atoms with Gasteiger partial charge in [-0.1, -0.05) is 52.7 Å². The van der Waals surface area contributed by atoms with Gasteiger partial charge in [-0.3, -0.25) is 0 Å². The molecule has 0 fully saturated rings. The third-order valence-electron chi connectivity index (χ3n) is 3.24. The summed E-state index contributed by atoms with van der Waals surface area (Å²) in [5, 5.41) is 4.00. The smallest absolute Gasteiger partial charge is 0.162 e. The minimum Gasteiger partial charge on any atom is -0.493 e. The van der Waals surface area contributed by atoms with Crippen LogP contribution >= 0.6 is 27.5 Å². The van der Waals surface area contributed by atoms with Crippen molar-refractivity contribution in [3.8, 4) is 11.5 Å². The maximum Gasteiger partial charge on any atom is 0.162 e. The first-order valence-corrected chi connectivity index (χ1v) is 8.26. The van der Waals surface area contributed by atoms with Crippen LogP contribution in [-0.4, -0.2) is 13.7 Å². The quantitative estimate of drug-likeness (QED) is 0.744. The molecule has 0 bridgehead atoms. The standard InChI is InChI=1S/C17H19BrClNO2/c1-3-20-10-13-8-16(21-2)17(9-14(13)18)22-11-12-6-4-5-7-15(12)19/h4-9,20H,3,10-11H2,1-2H3. The predicted molar refractivity (Wildman–Crippen MR) is 93.9 cm³/mol. The Labute approximate surface area is 144 Å². The summed E-state index contributed by atoms with van der Waals surface area (Å²) in [6.07, 6.45) is 0. The lowest BCUT2D eigenvalue weighted by Crippen LogP contribution is -2.12. The molecule has 0 atom stereocenters. The highest BCUT2D eigenvalue weighted by molar-refractivity contribution is 9.10. The van der Waals surface area contributed by atoms with Crippen LogP contribution in [0.5, 0.6) is 11.5 Å². The van der Waals surface area contributed by atoms with E-state index < -0.39 is 0 Å². The van der Waals surface area contributed by atoms with E-state index in [0.717, 1.165) is 28.7 Å². The Morgan fingerprint density at radius 2 is 1.91 bits per heavy atom. The van der Waals surface area contributed by atoms with E-state index in [1.807, 2.05) is 36.4 Å². The molecule has 0 heterocycles. The second kappa shape index (κ2) is 8.42. The van der Waals surface area contributed by atoms with Crippen LogP contribution in [0.3, 0.4) is 0 Å². The van der Waals surface area contributed by atoms with Gasteiger partial charge in [0.05, 0.1) is 7.11 Å². The van der Waals surface area contributed by atoms with Crippen molar-refractivity contribution in [2.24, 2.45) is 0 Å². The minimum absolute atomic E-state index is 0.398. The van der Waals surface area contributed by atoms with Crippen molar-refractivity contribution in [1.82, 2.24) is 5.32 Å². The van der Waals surface area contributed by atoms with Crippen molar-refractivity contribution < 1.29 is 9.47 Å². The Kier molecular flexibility index (Phi) is 6.55. The molecule has 0 aliphatic heterocycles. The molecule has 1 N–H and O–H groups in total. The number of rotatable bonds is 7. The van der Waals surface area contributed by atoms with E-state index in [0.29, 0.717) is 23.1 Å². The minimum atomic E-state index is 0.398. The summed E-state index contributed by atoms with van der Waals surface area (Å²) in [5.74, 6) is 1.40. The molecule has 0 aliphatic carbocycles. The van der Waals surface area contributed by atoms with Crippen LogP contribution in [0.1, 0.15) is 18.1 Å². The van der Waals surface area contributed by atoms with Crippen LogP contribution in [0.4, 0.5) is 0 Å². The number of methoxy groups -OCH3 is 1. The number of nitrogens with one attached hydrogen (secondary N) is 1. The maximum absolute atomic E-state index is 6.15. The maximum atomic E-state index is 6.15. The van der Waals surface area contributed by atoms with Crippen LogP contribution in [0, 0.1) is 0 Å². The molecule has 5 heteroatoms. The number of halogens is 2. The van der Waals surface area contributed by atoms with Crippen LogP contribution in [0.25, 0.3) is 0 Å². The molecule has 2 rings (SSSR count). The lowest BCUT2D eigenvalue weighted by molar-refractivity contribution is 0.284. The van der Waals surface area contributed by atoms with Gasteiger partial charge in [0.1, 0.15) is 6.61 Å². The molecule has 2 aromatic carbocycles. The molecule has 0 radical (unpaired) electrons. The predicted octanol–water partition coefficient (Wildman–Crippen LogP) is 4.80. The van der Waals surface area contributed by atoms with Gasteiger partial charge in [0.15, 0.2) is 11.5 Å². The van der Waals surface area contributed by atoms with E-state index in [4.69, 9.17) is 21.1 Å². The zero-order valence-corrected chi connectivity index (χ0v) is 15.0. The van der Waals surface area contributed by atoms with Gasteiger partial charge in [-0.25, -0.2) is 0 Å². The van der Waals surface area contributed by atoms with Crippen molar-refractivity contribution in [2.45, 2.75) is 20.1 Å². The van der Waals surface area contributed by atoms with E-state index in [1.165, 1.54) is 0 Å². The van der Waals surface area contributed by atoms with Gasteiger partial charge in [0, 0.05) is 21.6 Å². The van der Waals surface area contributed by atoms with E-state index in [2.05, 4.69) is 28.2 Å². The van der Waals surface area contributed by atoms with Crippen molar-refractivity contribution in [3.05, 3.63) is 57.0 Å². The third kappa shape index (κ3) is 4.38. The molecule has 118 valence electrons. The van der Waals surface area contributed by atoms with Crippen molar-refractivity contribution in [3.63, 3.8) is 0 Å². The zero-order chi connectivity index (χ0) is 15.9. The molecule has 0 amide bonds. The molecule has 0 saturated heterocycles. The Morgan fingerprint density at radius 3 is 2.59 bits per heavy atom. The lowest BCUT2D eigenvalue weighted by atomic mass is 10.2. The Hall–Kier alpha value is -1.23. The molecular formula is C17H19BrClNO2. The van der Waals surface area contributed by atoms with Crippen LogP contribution in [0.15, 0.2) is 40.9 Å². The number of hydrogen-bond donors (Lipinski definition) is 1. The largest absolute Gasteiger partial charge is 0.493 e. The SMILES string of the molecule is CCNCc1cc(OC)c(OCc2ccccc2Cl)cc1Br. The molecule has 0 aliphatic rings. The average molecular weight is 385 g/mol. The summed E-state index contributed by atoms with van der Waals surface area (Å²) in [5.41, 5.74) is 2.07. The zero-order valence-electron chi connectivity index (χ0n) is 12.7. The van der Waals surface area contributed by atoms with Crippen LogP contribution in [-0.2, 0) is 13.2 Å². The van der Waals surface area contributed by atoms with Crippen LogP contribution < -0.4 is 14.8 Å². The van der Waals surface area contributed by atoms with Crippen molar-refractivity contribution >= 4 is 27.5 Å². The van der Waals surface area contributed by atoms with E-state index in [-0.39, 0.29) is 0 Å². The highest BCUT2D eigenvalue weighted by Gasteiger charge is 2.11. The summed E-state index contributed by atoms with van der Waals surface area (Å²) in [7, 11) is 1.64. The normalized spacial score (nSPS) is 10.5. The van der Waals surface area contributed by atoms with Crippen molar-refractivity contribution in [1.29, 1.82) is 0 Å². The number of benzene rings is 2. The van der Waals surface area contributed by atoms with Crippen LogP contribution in [0.2, 0.25) is 5.02 Å². The Bertz CT molecular complexity index is 634. The molecule has 2 aromatic rings. The monoisotopic (exact) mass is 383 g/mol. The summed E-state index contributed by atoms with van der Waals surface area (Å²) in [4.78, 5) is 0. The Morgan fingerprint density at radius 1 is 1.14 bits per heavy atom. The Balaban J connectivity index is 2.16. The second-order valence-corrected chi connectivity index (χ2v) is 6.02. The second-order valence-electron chi connectivity index (χ2n) is 4.75. The fraction of sp³-hybridized carbons (Fsp3) is 0.294. The van der Waals surface area contributed by atoms with Gasteiger partial charge in [0.25, 0.3) is 0 Å². The first kappa shape index (κ1) is 17.1. The summed E-state index contributed by atoms with van der Waals surface area (Å²) >= 11 is 9.73. The molecule has 0 saturated carbocycles. The molecule has 22 heavy (non-hydrogen) atoms. The van der Waals surface area contributed by atoms with E-state index in [1.54, 1.807) is 7.11 Å². The molecule has 0 unspecified atom stereocenters. The molecular weight excluding hydrogens is 366 g/mol. The highest BCUT2D eigenvalue weighted by atomic mass is 79.9. The molecule has 0 spiro atoms. The van der Waals surface area contributed by atoms with Gasteiger partial charge in [-0.2, -0.15) is 0 Å². The highest BCUT2D eigenvalue weighted by Crippen LogP contribution is 2.34. The lowest BCUT2D eigenvalue weighted by Gasteiger charge is -2.14. The van der Waals surface area contributed by atoms with Gasteiger partial charge in [-0.05, 0) is 30.3 Å². The topological polar surface area (TPSA) is 30.5 Å². The van der Waals surface area contributed by atoms with Gasteiger partial charge in [-0.15, -0.1) is 0 Å². The number of ether oxygens (including phenoxy) is 2. The molecule has 3 nitrogen and oxygen atoms in total. The first-order chi connectivity index (χ1) is 10.7. The fourth-order valence-corrected chi connectivity index (χ4v) is 2.67. The fourth-order valence-electron chi connectivity index (χ4n) is 2.02. The van der Waals surface area contributed by atoms with Crippen molar-refractivity contribution in [2.75, 3.05) is 13.7 Å². The van der Waals surface area contributed by atoms with E-state index in [9.17, 15) is 0 Å². The summed E-state index contributed by atoms with van der Waals surface area (Å²) in [6, 6.07) is 11.6.